The Morgan fingerprint density at radius 3 is 2.14 bits per heavy atom. The minimum atomic E-state index is -3.12. The summed E-state index contributed by atoms with van der Waals surface area (Å²) in [5.41, 5.74) is 2.05. The molecule has 6 heteroatoms. The zero-order valence-electron chi connectivity index (χ0n) is 13.0. The SMILES string of the molecule is CCO[PH](O)(Cc1ccc(C[C@@H](C=O)NC)cc1)OCC. The fourth-order valence-corrected chi connectivity index (χ4v) is 4.06. The Labute approximate surface area is 127 Å². The van der Waals surface area contributed by atoms with Crippen molar-refractivity contribution < 1.29 is 18.7 Å². The summed E-state index contributed by atoms with van der Waals surface area (Å²) < 4.78 is 10.8. The first-order chi connectivity index (χ1) is 10.1. The molecular formula is C15H26NO4P. The van der Waals surface area contributed by atoms with Crippen molar-refractivity contribution in [2.45, 2.75) is 32.5 Å². The van der Waals surface area contributed by atoms with Crippen LogP contribution in [0.3, 0.4) is 0 Å². The Morgan fingerprint density at radius 1 is 1.19 bits per heavy atom. The molecule has 0 bridgehead atoms. The van der Waals surface area contributed by atoms with Crippen molar-refractivity contribution in [1.29, 1.82) is 0 Å². The molecule has 1 atom stereocenters. The minimum absolute atomic E-state index is 0.172. The molecule has 0 aliphatic heterocycles. The predicted octanol–water partition coefficient (Wildman–Crippen LogP) is 2.08. The van der Waals surface area contributed by atoms with Crippen LogP contribution in [0.1, 0.15) is 25.0 Å². The Kier molecular flexibility index (Phi) is 8.01. The van der Waals surface area contributed by atoms with Gasteiger partial charge in [0, 0.05) is 0 Å². The van der Waals surface area contributed by atoms with E-state index in [0.717, 1.165) is 17.4 Å². The maximum atomic E-state index is 10.8. The summed E-state index contributed by atoms with van der Waals surface area (Å²) in [6.45, 7) is 4.56. The average molecular weight is 315 g/mol. The first-order valence-corrected chi connectivity index (χ1v) is 9.24. The molecule has 0 aliphatic carbocycles. The summed E-state index contributed by atoms with van der Waals surface area (Å²) >= 11 is 0. The molecule has 0 amide bonds. The Morgan fingerprint density at radius 2 is 1.71 bits per heavy atom. The molecule has 0 saturated heterocycles. The molecule has 0 radical (unpaired) electrons. The number of hydrogen-bond donors (Lipinski definition) is 2. The van der Waals surface area contributed by atoms with Crippen molar-refractivity contribution in [3.05, 3.63) is 35.4 Å². The van der Waals surface area contributed by atoms with Gasteiger partial charge in [-0.2, -0.15) is 0 Å². The van der Waals surface area contributed by atoms with Crippen LogP contribution >= 0.6 is 7.94 Å². The van der Waals surface area contributed by atoms with E-state index in [1.165, 1.54) is 0 Å². The second-order valence-electron chi connectivity index (χ2n) is 4.81. The first kappa shape index (κ1) is 18.2. The van der Waals surface area contributed by atoms with Gasteiger partial charge in [-0.3, -0.25) is 0 Å². The van der Waals surface area contributed by atoms with Gasteiger partial charge in [0.15, 0.2) is 0 Å². The predicted molar refractivity (Wildman–Crippen MR) is 86.5 cm³/mol. The molecule has 2 N–H and O–H groups in total. The van der Waals surface area contributed by atoms with Gasteiger partial charge in [0.1, 0.15) is 0 Å². The van der Waals surface area contributed by atoms with Gasteiger partial charge in [-0.25, -0.2) is 0 Å². The number of aldehydes is 1. The molecule has 1 rings (SSSR count). The quantitative estimate of drug-likeness (QED) is 0.511. The van der Waals surface area contributed by atoms with E-state index in [2.05, 4.69) is 5.32 Å². The fourth-order valence-electron chi connectivity index (χ4n) is 2.12. The van der Waals surface area contributed by atoms with E-state index in [0.29, 0.717) is 25.8 Å². The number of benzene rings is 1. The molecule has 0 heterocycles. The Hall–Kier alpha value is -0.840. The molecular weight excluding hydrogens is 289 g/mol. The van der Waals surface area contributed by atoms with Gasteiger partial charge in [-0.1, -0.05) is 0 Å². The molecule has 0 aliphatic rings. The maximum absolute atomic E-state index is 10.8. The van der Waals surface area contributed by atoms with Crippen molar-refractivity contribution in [3.63, 3.8) is 0 Å². The van der Waals surface area contributed by atoms with Gasteiger partial charge in [-0.15, -0.1) is 0 Å². The second-order valence-corrected chi connectivity index (χ2v) is 7.16. The van der Waals surface area contributed by atoms with Crippen molar-refractivity contribution in [1.82, 2.24) is 5.32 Å². The number of hydrogen-bond acceptors (Lipinski definition) is 5. The molecule has 5 nitrogen and oxygen atoms in total. The van der Waals surface area contributed by atoms with E-state index in [9.17, 15) is 9.69 Å². The monoisotopic (exact) mass is 315 g/mol. The van der Waals surface area contributed by atoms with Gasteiger partial charge in [0.2, 0.25) is 0 Å². The molecule has 0 aromatic heterocycles. The first-order valence-electron chi connectivity index (χ1n) is 7.27. The third-order valence-corrected chi connectivity index (χ3v) is 5.52. The van der Waals surface area contributed by atoms with E-state index in [4.69, 9.17) is 9.05 Å². The van der Waals surface area contributed by atoms with Gasteiger partial charge in [-0.05, 0) is 0 Å². The zero-order valence-corrected chi connectivity index (χ0v) is 14.0. The van der Waals surface area contributed by atoms with Crippen molar-refractivity contribution >= 4 is 14.2 Å². The number of carbonyl (C=O) groups is 1. The van der Waals surface area contributed by atoms with Crippen LogP contribution in [0.5, 0.6) is 0 Å². The van der Waals surface area contributed by atoms with Crippen molar-refractivity contribution in [3.8, 4) is 0 Å². The number of nitrogens with one attached hydrogen (secondary N) is 1. The van der Waals surface area contributed by atoms with Gasteiger partial charge in [0.05, 0.1) is 0 Å². The van der Waals surface area contributed by atoms with Crippen LogP contribution in [0, 0.1) is 0 Å². The van der Waals surface area contributed by atoms with E-state index < -0.39 is 7.94 Å². The van der Waals surface area contributed by atoms with Crippen LogP contribution in [0.15, 0.2) is 24.3 Å². The molecule has 0 fully saturated rings. The zero-order chi connectivity index (χ0) is 15.7. The second kappa shape index (κ2) is 9.23. The molecule has 120 valence electrons. The summed E-state index contributed by atoms with van der Waals surface area (Å²) in [6.07, 6.45) is 1.96. The van der Waals surface area contributed by atoms with Crippen LogP contribution in [0.25, 0.3) is 0 Å². The normalized spacial score (nSPS) is 13.9. The third kappa shape index (κ3) is 6.20. The number of likely N-dealkylation sites (N-methyl/N-ethyl adjacent to an activating group) is 1. The van der Waals surface area contributed by atoms with Gasteiger partial charge >= 0.3 is 126 Å². The summed E-state index contributed by atoms with van der Waals surface area (Å²) in [6, 6.07) is 7.66. The Bertz CT molecular complexity index is 418. The van der Waals surface area contributed by atoms with E-state index in [-0.39, 0.29) is 6.04 Å². The standard InChI is InChI=1S/C15H26NO4P/c1-4-19-21(18,20-5-2)12-14-8-6-13(7-9-14)10-15(11-17)16-3/h6-9,11,15-16,18,21H,4-5,10,12H2,1-3H3/t15-/m0/s1. The van der Waals surface area contributed by atoms with Crippen molar-refractivity contribution in [2.75, 3.05) is 20.3 Å². The summed E-state index contributed by atoms with van der Waals surface area (Å²) in [7, 11) is -1.35. The number of rotatable bonds is 10. The molecule has 1 aromatic carbocycles. The summed E-state index contributed by atoms with van der Waals surface area (Å²) in [5.74, 6) is 0. The number of carbonyl (C=O) groups excluding carboxylic acids is 1. The molecule has 21 heavy (non-hydrogen) atoms. The molecule has 0 unspecified atom stereocenters. The van der Waals surface area contributed by atoms with Crippen LogP contribution in [-0.2, 0) is 26.4 Å². The molecule has 1 aromatic rings. The van der Waals surface area contributed by atoms with Crippen LogP contribution in [0.4, 0.5) is 0 Å². The van der Waals surface area contributed by atoms with Crippen molar-refractivity contribution in [2.24, 2.45) is 0 Å². The van der Waals surface area contributed by atoms with Gasteiger partial charge < -0.3 is 0 Å². The molecule has 0 saturated carbocycles. The Balaban J connectivity index is 2.70. The third-order valence-electron chi connectivity index (χ3n) is 3.18. The average Bonchev–Trinajstić information content (AvgIpc) is 2.47. The summed E-state index contributed by atoms with van der Waals surface area (Å²) in [5, 5.41) is 2.95. The van der Waals surface area contributed by atoms with E-state index in [1.807, 2.05) is 38.1 Å². The van der Waals surface area contributed by atoms with Crippen LogP contribution in [-0.4, -0.2) is 37.5 Å². The van der Waals surface area contributed by atoms with Crippen LogP contribution < -0.4 is 5.32 Å². The van der Waals surface area contributed by atoms with Gasteiger partial charge in [0.25, 0.3) is 0 Å². The topological polar surface area (TPSA) is 67.8 Å². The fraction of sp³-hybridized carbons (Fsp3) is 0.533. The van der Waals surface area contributed by atoms with E-state index in [1.54, 1.807) is 7.05 Å². The van der Waals surface area contributed by atoms with Crippen LogP contribution in [0.2, 0.25) is 0 Å². The summed E-state index contributed by atoms with van der Waals surface area (Å²) in [4.78, 5) is 21.2. The molecule has 0 spiro atoms. The van der Waals surface area contributed by atoms with E-state index >= 15 is 0 Å².